The van der Waals surface area contributed by atoms with Crippen molar-refractivity contribution in [1.29, 1.82) is 0 Å². The maximum Gasteiger partial charge on any atom is 0.223 e. The summed E-state index contributed by atoms with van der Waals surface area (Å²) >= 11 is 0. The molecule has 4 heteroatoms. The molecule has 4 nitrogen and oxygen atoms in total. The number of benzene rings is 1. The number of nitrogens with one attached hydrogen (secondary N) is 1. The zero-order valence-electron chi connectivity index (χ0n) is 11.1. The van der Waals surface area contributed by atoms with Crippen molar-refractivity contribution in [3.8, 4) is 0 Å². The average Bonchev–Trinajstić information content (AvgIpc) is 2.45. The maximum absolute atomic E-state index is 12.1. The summed E-state index contributed by atoms with van der Waals surface area (Å²) in [5.74, 6) is 0.161. The van der Waals surface area contributed by atoms with E-state index >= 15 is 0 Å². The summed E-state index contributed by atoms with van der Waals surface area (Å²) in [5.41, 5.74) is 7.78. The van der Waals surface area contributed by atoms with Crippen LogP contribution in [0.1, 0.15) is 36.8 Å². The highest BCUT2D eigenvalue weighted by molar-refractivity contribution is 5.78. The largest absolute Gasteiger partial charge is 0.392 e. The molecule has 1 saturated carbocycles. The molecule has 1 amide bonds. The van der Waals surface area contributed by atoms with E-state index in [-0.39, 0.29) is 24.5 Å². The van der Waals surface area contributed by atoms with E-state index in [4.69, 9.17) is 10.8 Å². The predicted octanol–water partition coefficient (Wildman–Crippen LogP) is 1.31. The van der Waals surface area contributed by atoms with Gasteiger partial charge in [-0.05, 0) is 30.4 Å². The molecule has 1 aromatic carbocycles. The Labute approximate surface area is 114 Å². The van der Waals surface area contributed by atoms with Gasteiger partial charge in [0.05, 0.1) is 6.61 Å². The fraction of sp³-hybridized carbons (Fsp3) is 0.533. The molecule has 1 aromatic rings. The first-order valence-electron chi connectivity index (χ1n) is 6.91. The van der Waals surface area contributed by atoms with Crippen LogP contribution in [-0.2, 0) is 17.9 Å². The van der Waals surface area contributed by atoms with E-state index in [1.807, 2.05) is 24.3 Å². The number of amides is 1. The van der Waals surface area contributed by atoms with Crippen LogP contribution in [0.25, 0.3) is 0 Å². The fourth-order valence-electron chi connectivity index (χ4n) is 2.64. The number of aliphatic hydroxyl groups is 1. The van der Waals surface area contributed by atoms with Gasteiger partial charge in [-0.15, -0.1) is 0 Å². The lowest BCUT2D eigenvalue weighted by molar-refractivity contribution is -0.126. The monoisotopic (exact) mass is 262 g/mol. The molecule has 0 spiro atoms. The number of aliphatic hydroxyl groups excluding tert-OH is 1. The summed E-state index contributed by atoms with van der Waals surface area (Å²) in [6, 6.07) is 7.79. The van der Waals surface area contributed by atoms with Crippen molar-refractivity contribution in [2.45, 2.75) is 44.9 Å². The second kappa shape index (κ2) is 6.68. The second-order valence-corrected chi connectivity index (χ2v) is 5.32. The van der Waals surface area contributed by atoms with Gasteiger partial charge in [0.1, 0.15) is 0 Å². The minimum Gasteiger partial charge on any atom is -0.392 e. The molecule has 19 heavy (non-hydrogen) atoms. The molecule has 0 aliphatic heterocycles. The molecular formula is C15H22N2O2. The quantitative estimate of drug-likeness (QED) is 0.766. The maximum atomic E-state index is 12.1. The topological polar surface area (TPSA) is 75.4 Å². The zero-order valence-corrected chi connectivity index (χ0v) is 11.1. The summed E-state index contributed by atoms with van der Waals surface area (Å²) in [6.07, 6.45) is 3.81. The minimum atomic E-state index is 0.0270. The highest BCUT2D eigenvalue weighted by atomic mass is 16.3. The van der Waals surface area contributed by atoms with Gasteiger partial charge in [-0.2, -0.15) is 0 Å². The first kappa shape index (κ1) is 14.0. The Morgan fingerprint density at radius 1 is 1.37 bits per heavy atom. The van der Waals surface area contributed by atoms with Gasteiger partial charge in [0, 0.05) is 18.5 Å². The Morgan fingerprint density at radius 3 is 2.89 bits per heavy atom. The zero-order chi connectivity index (χ0) is 13.7. The number of carbonyl (C=O) groups excluding carboxylic acids is 1. The minimum absolute atomic E-state index is 0.0270. The van der Waals surface area contributed by atoms with Crippen LogP contribution in [0.3, 0.4) is 0 Å². The molecule has 2 atom stereocenters. The van der Waals surface area contributed by atoms with Gasteiger partial charge >= 0.3 is 0 Å². The lowest BCUT2D eigenvalue weighted by Crippen LogP contribution is -2.37. The van der Waals surface area contributed by atoms with Crippen molar-refractivity contribution in [2.24, 2.45) is 11.7 Å². The number of rotatable bonds is 4. The third kappa shape index (κ3) is 4.04. The Kier molecular flexibility index (Phi) is 4.93. The van der Waals surface area contributed by atoms with Crippen LogP contribution in [0, 0.1) is 5.92 Å². The Bertz CT molecular complexity index is 434. The van der Waals surface area contributed by atoms with Crippen LogP contribution < -0.4 is 11.1 Å². The van der Waals surface area contributed by atoms with Crippen LogP contribution in [0.5, 0.6) is 0 Å². The standard InChI is InChI=1S/C15H22N2O2/c16-14-6-2-5-13(8-14)15(19)17-9-11-3-1-4-12(7-11)10-18/h1,3-4,7,13-14,18H,2,5-6,8-10,16H2,(H,17,19). The van der Waals surface area contributed by atoms with Crippen LogP contribution >= 0.6 is 0 Å². The van der Waals surface area contributed by atoms with E-state index in [0.717, 1.165) is 36.8 Å². The predicted molar refractivity (Wildman–Crippen MR) is 74.1 cm³/mol. The fourth-order valence-corrected chi connectivity index (χ4v) is 2.64. The van der Waals surface area contributed by atoms with Crippen molar-refractivity contribution in [3.63, 3.8) is 0 Å². The molecule has 2 rings (SSSR count). The molecule has 2 unspecified atom stereocenters. The van der Waals surface area contributed by atoms with Gasteiger partial charge in [0.15, 0.2) is 0 Å². The lowest BCUT2D eigenvalue weighted by Gasteiger charge is -2.25. The van der Waals surface area contributed by atoms with Gasteiger partial charge in [-0.25, -0.2) is 0 Å². The molecular weight excluding hydrogens is 240 g/mol. The Morgan fingerprint density at radius 2 is 2.16 bits per heavy atom. The lowest BCUT2D eigenvalue weighted by atomic mass is 9.85. The van der Waals surface area contributed by atoms with Crippen molar-refractivity contribution in [1.82, 2.24) is 5.32 Å². The SMILES string of the molecule is NC1CCCC(C(=O)NCc2cccc(CO)c2)C1. The van der Waals surface area contributed by atoms with E-state index in [2.05, 4.69) is 5.32 Å². The summed E-state index contributed by atoms with van der Waals surface area (Å²) in [5, 5.41) is 12.0. The molecule has 1 fully saturated rings. The molecule has 1 aliphatic rings. The highest BCUT2D eigenvalue weighted by Crippen LogP contribution is 2.23. The van der Waals surface area contributed by atoms with Gasteiger partial charge in [-0.3, -0.25) is 4.79 Å². The van der Waals surface area contributed by atoms with E-state index in [9.17, 15) is 4.79 Å². The summed E-state index contributed by atoms with van der Waals surface area (Å²) in [6.45, 7) is 0.539. The average molecular weight is 262 g/mol. The van der Waals surface area contributed by atoms with Crippen molar-refractivity contribution < 1.29 is 9.90 Å². The second-order valence-electron chi connectivity index (χ2n) is 5.32. The first-order chi connectivity index (χ1) is 9.19. The van der Waals surface area contributed by atoms with E-state index in [0.29, 0.717) is 6.54 Å². The van der Waals surface area contributed by atoms with E-state index in [1.165, 1.54) is 0 Å². The molecule has 4 N–H and O–H groups in total. The molecule has 0 bridgehead atoms. The number of carbonyl (C=O) groups is 1. The Balaban J connectivity index is 1.85. The summed E-state index contributed by atoms with van der Waals surface area (Å²) in [7, 11) is 0. The Hall–Kier alpha value is -1.39. The van der Waals surface area contributed by atoms with Gasteiger partial charge in [0.25, 0.3) is 0 Å². The van der Waals surface area contributed by atoms with Crippen molar-refractivity contribution >= 4 is 5.91 Å². The molecule has 0 radical (unpaired) electrons. The number of hydrogen-bond acceptors (Lipinski definition) is 3. The van der Waals surface area contributed by atoms with Crippen molar-refractivity contribution in [2.75, 3.05) is 0 Å². The molecule has 0 saturated heterocycles. The van der Waals surface area contributed by atoms with E-state index < -0.39 is 0 Å². The third-order valence-electron chi connectivity index (χ3n) is 3.73. The van der Waals surface area contributed by atoms with Crippen LogP contribution in [0.15, 0.2) is 24.3 Å². The third-order valence-corrected chi connectivity index (χ3v) is 3.73. The van der Waals surface area contributed by atoms with Crippen molar-refractivity contribution in [3.05, 3.63) is 35.4 Å². The van der Waals surface area contributed by atoms with E-state index in [1.54, 1.807) is 0 Å². The van der Waals surface area contributed by atoms with Gasteiger partial charge < -0.3 is 16.2 Å². The number of hydrogen-bond donors (Lipinski definition) is 3. The van der Waals surface area contributed by atoms with Crippen LogP contribution in [0.4, 0.5) is 0 Å². The summed E-state index contributed by atoms with van der Waals surface area (Å²) in [4.78, 5) is 12.1. The van der Waals surface area contributed by atoms with Crippen LogP contribution in [-0.4, -0.2) is 17.1 Å². The number of nitrogens with two attached hydrogens (primary N) is 1. The smallest absolute Gasteiger partial charge is 0.223 e. The highest BCUT2D eigenvalue weighted by Gasteiger charge is 2.24. The molecule has 1 aliphatic carbocycles. The molecule has 0 aromatic heterocycles. The first-order valence-corrected chi connectivity index (χ1v) is 6.91. The molecule has 0 heterocycles. The van der Waals surface area contributed by atoms with Gasteiger partial charge in [-0.1, -0.05) is 30.7 Å². The molecule has 104 valence electrons. The van der Waals surface area contributed by atoms with Crippen LogP contribution in [0.2, 0.25) is 0 Å². The van der Waals surface area contributed by atoms with Gasteiger partial charge in [0.2, 0.25) is 5.91 Å². The normalized spacial score (nSPS) is 23.1. The summed E-state index contributed by atoms with van der Waals surface area (Å²) < 4.78 is 0.